The van der Waals surface area contributed by atoms with Gasteiger partial charge in [0.1, 0.15) is 9.96 Å². The molecule has 156 valence electrons. The van der Waals surface area contributed by atoms with Gasteiger partial charge < -0.3 is 10.1 Å². The number of thiophene rings is 1. The second kappa shape index (κ2) is 8.49. The molecule has 0 radical (unpaired) electrons. The maximum absolute atomic E-state index is 13.0. The van der Waals surface area contributed by atoms with E-state index in [9.17, 15) is 13.2 Å². The van der Waals surface area contributed by atoms with Gasteiger partial charge in [0.2, 0.25) is 0 Å². The summed E-state index contributed by atoms with van der Waals surface area (Å²) >= 11 is 1.21. The fraction of sp³-hybridized carbons (Fsp3) is 0.227. The first-order valence-corrected chi connectivity index (χ1v) is 11.9. The number of fused-ring (bicyclic) bond motifs is 1. The third kappa shape index (κ3) is 4.34. The fourth-order valence-electron chi connectivity index (χ4n) is 3.39. The summed E-state index contributed by atoms with van der Waals surface area (Å²) in [6.07, 6.45) is 1.49. The van der Waals surface area contributed by atoms with Crippen molar-refractivity contribution in [1.29, 1.82) is 0 Å². The summed E-state index contributed by atoms with van der Waals surface area (Å²) in [4.78, 5) is 12.3. The van der Waals surface area contributed by atoms with Crippen LogP contribution in [0.2, 0.25) is 0 Å². The fourth-order valence-corrected chi connectivity index (χ4v) is 6.03. The van der Waals surface area contributed by atoms with Crippen LogP contribution in [-0.2, 0) is 21.2 Å². The predicted molar refractivity (Wildman–Crippen MR) is 119 cm³/mol. The Bertz CT molecular complexity index is 1140. The van der Waals surface area contributed by atoms with Crippen molar-refractivity contribution in [1.82, 2.24) is 0 Å². The number of nitrogens with one attached hydrogen (secondary N) is 1. The number of nitrogens with zero attached hydrogens (tertiary/aromatic N) is 1. The zero-order valence-electron chi connectivity index (χ0n) is 16.5. The van der Waals surface area contributed by atoms with Crippen molar-refractivity contribution in [3.8, 4) is 5.75 Å². The second-order valence-corrected chi connectivity index (χ2v) is 10.1. The minimum atomic E-state index is -3.57. The molecule has 0 spiro atoms. The molecule has 0 aliphatic carbocycles. The highest BCUT2D eigenvalue weighted by molar-refractivity contribution is 7.94. The molecule has 0 saturated heterocycles. The molecular weight excluding hydrogens is 420 g/mol. The summed E-state index contributed by atoms with van der Waals surface area (Å²) in [6, 6.07) is 16.2. The van der Waals surface area contributed by atoms with Crippen molar-refractivity contribution < 1.29 is 17.9 Å². The molecule has 4 rings (SSSR count). The van der Waals surface area contributed by atoms with Crippen LogP contribution in [0.5, 0.6) is 5.75 Å². The van der Waals surface area contributed by atoms with Gasteiger partial charge in [-0.15, -0.1) is 11.3 Å². The van der Waals surface area contributed by atoms with Crippen LogP contribution in [0.1, 0.15) is 17.5 Å². The van der Waals surface area contributed by atoms with Crippen LogP contribution in [0.3, 0.4) is 0 Å². The number of anilines is 2. The number of hydrogen-bond donors (Lipinski definition) is 1. The van der Waals surface area contributed by atoms with Crippen LogP contribution < -0.4 is 14.4 Å². The first kappa shape index (κ1) is 20.4. The lowest BCUT2D eigenvalue weighted by molar-refractivity contribution is -0.118. The van der Waals surface area contributed by atoms with Crippen molar-refractivity contribution >= 4 is 38.6 Å². The summed E-state index contributed by atoms with van der Waals surface area (Å²) < 4.78 is 33.2. The molecule has 1 aliphatic rings. The molecule has 3 aromatic rings. The maximum atomic E-state index is 13.0. The Hall–Kier alpha value is -2.84. The highest BCUT2D eigenvalue weighted by Crippen LogP contribution is 2.34. The molecule has 1 aliphatic heterocycles. The van der Waals surface area contributed by atoms with E-state index in [1.807, 2.05) is 37.3 Å². The van der Waals surface area contributed by atoms with E-state index in [-0.39, 0.29) is 12.5 Å². The molecule has 0 saturated carbocycles. The summed E-state index contributed by atoms with van der Waals surface area (Å²) in [7, 11) is -3.57. The molecule has 0 unspecified atom stereocenters. The number of carbonyl (C=O) groups is 1. The number of aryl methyl sites for hydroxylation is 2. The Morgan fingerprint density at radius 1 is 1.17 bits per heavy atom. The molecule has 30 heavy (non-hydrogen) atoms. The lowest BCUT2D eigenvalue weighted by Gasteiger charge is -2.30. The molecule has 0 fully saturated rings. The van der Waals surface area contributed by atoms with Gasteiger partial charge in [-0.05, 0) is 67.1 Å². The number of rotatable bonds is 6. The molecule has 2 aromatic carbocycles. The largest absolute Gasteiger partial charge is 0.484 e. The Morgan fingerprint density at radius 2 is 1.97 bits per heavy atom. The average molecular weight is 443 g/mol. The van der Waals surface area contributed by atoms with Crippen LogP contribution in [0.4, 0.5) is 11.4 Å². The first-order valence-electron chi connectivity index (χ1n) is 9.62. The van der Waals surface area contributed by atoms with Gasteiger partial charge >= 0.3 is 0 Å². The number of ether oxygens (including phenoxy) is 1. The van der Waals surface area contributed by atoms with Crippen LogP contribution in [0.25, 0.3) is 0 Å². The van der Waals surface area contributed by atoms with Gasteiger partial charge in [-0.25, -0.2) is 8.42 Å². The molecule has 1 aromatic heterocycles. The maximum Gasteiger partial charge on any atom is 0.273 e. The minimum absolute atomic E-state index is 0.0982. The third-order valence-electron chi connectivity index (χ3n) is 4.87. The van der Waals surface area contributed by atoms with E-state index in [0.29, 0.717) is 27.9 Å². The lowest BCUT2D eigenvalue weighted by Crippen LogP contribution is -2.35. The predicted octanol–water partition coefficient (Wildman–Crippen LogP) is 4.22. The van der Waals surface area contributed by atoms with Crippen molar-refractivity contribution in [3.63, 3.8) is 0 Å². The molecule has 2 heterocycles. The van der Waals surface area contributed by atoms with Gasteiger partial charge in [-0.2, -0.15) is 0 Å². The standard InChI is InChI=1S/C22H22N2O4S2/c1-16-6-9-19(10-7-16)28-15-21(25)23-18-8-11-20-17(14-18)4-2-12-24(20)30(26,27)22-5-3-13-29-22/h3,5-11,13-14H,2,4,12,15H2,1H3,(H,23,25). The SMILES string of the molecule is Cc1ccc(OCC(=O)Nc2ccc3c(c2)CCCN3S(=O)(=O)c2cccs2)cc1. The Morgan fingerprint density at radius 3 is 2.70 bits per heavy atom. The van der Waals surface area contributed by atoms with Gasteiger partial charge in [0.15, 0.2) is 6.61 Å². The molecule has 1 amide bonds. The van der Waals surface area contributed by atoms with Gasteiger partial charge in [-0.1, -0.05) is 23.8 Å². The van der Waals surface area contributed by atoms with E-state index in [0.717, 1.165) is 24.0 Å². The van der Waals surface area contributed by atoms with Gasteiger partial charge in [-0.3, -0.25) is 9.10 Å². The highest BCUT2D eigenvalue weighted by Gasteiger charge is 2.29. The van der Waals surface area contributed by atoms with E-state index in [1.54, 1.807) is 29.6 Å². The number of amides is 1. The monoisotopic (exact) mass is 442 g/mol. The van der Waals surface area contributed by atoms with E-state index < -0.39 is 10.0 Å². The van der Waals surface area contributed by atoms with E-state index in [1.165, 1.54) is 15.6 Å². The summed E-state index contributed by atoms with van der Waals surface area (Å²) in [5, 5.41) is 4.58. The van der Waals surface area contributed by atoms with Gasteiger partial charge in [0.25, 0.3) is 15.9 Å². The molecule has 8 heteroatoms. The quantitative estimate of drug-likeness (QED) is 0.620. The number of carbonyl (C=O) groups excluding carboxylic acids is 1. The normalized spacial score (nSPS) is 13.6. The van der Waals surface area contributed by atoms with E-state index in [4.69, 9.17) is 4.74 Å². The Labute approximate surface area is 180 Å². The first-order chi connectivity index (χ1) is 14.4. The molecule has 0 bridgehead atoms. The summed E-state index contributed by atoms with van der Waals surface area (Å²) in [5.74, 6) is 0.366. The van der Waals surface area contributed by atoms with Crippen LogP contribution in [0, 0.1) is 6.92 Å². The zero-order valence-corrected chi connectivity index (χ0v) is 18.1. The van der Waals surface area contributed by atoms with Crippen molar-refractivity contribution in [2.75, 3.05) is 22.8 Å². The van der Waals surface area contributed by atoms with Crippen molar-refractivity contribution in [3.05, 3.63) is 71.1 Å². The smallest absolute Gasteiger partial charge is 0.273 e. The van der Waals surface area contributed by atoms with Gasteiger partial charge in [0.05, 0.1) is 5.69 Å². The molecular formula is C22H22N2O4S2. The topological polar surface area (TPSA) is 75.7 Å². The highest BCUT2D eigenvalue weighted by atomic mass is 32.2. The second-order valence-electron chi connectivity index (χ2n) is 7.11. The van der Waals surface area contributed by atoms with Crippen LogP contribution in [-0.4, -0.2) is 27.5 Å². The number of benzene rings is 2. The van der Waals surface area contributed by atoms with Gasteiger partial charge in [0, 0.05) is 12.2 Å². The molecule has 6 nitrogen and oxygen atoms in total. The van der Waals surface area contributed by atoms with E-state index >= 15 is 0 Å². The summed E-state index contributed by atoms with van der Waals surface area (Å²) in [5.41, 5.74) is 3.32. The third-order valence-corrected chi connectivity index (χ3v) is 8.06. The number of sulfonamides is 1. The van der Waals surface area contributed by atoms with Crippen LogP contribution >= 0.6 is 11.3 Å². The lowest BCUT2D eigenvalue weighted by atomic mass is 10.0. The van der Waals surface area contributed by atoms with E-state index in [2.05, 4.69) is 5.32 Å². The Kier molecular flexibility index (Phi) is 5.78. The van der Waals surface area contributed by atoms with Crippen molar-refractivity contribution in [2.45, 2.75) is 24.0 Å². The number of hydrogen-bond acceptors (Lipinski definition) is 5. The summed E-state index contributed by atoms with van der Waals surface area (Å²) in [6.45, 7) is 2.34. The van der Waals surface area contributed by atoms with Crippen LogP contribution in [0.15, 0.2) is 64.2 Å². The Balaban J connectivity index is 1.46. The molecule has 1 N–H and O–H groups in total. The molecule has 0 atom stereocenters. The minimum Gasteiger partial charge on any atom is -0.484 e. The average Bonchev–Trinajstić information content (AvgIpc) is 3.28. The van der Waals surface area contributed by atoms with Crippen molar-refractivity contribution in [2.24, 2.45) is 0 Å². The zero-order chi connectivity index (χ0) is 21.1.